The van der Waals surface area contributed by atoms with Crippen molar-refractivity contribution in [2.45, 2.75) is 50.2 Å². The fourth-order valence-corrected chi connectivity index (χ4v) is 4.85. The third-order valence-corrected chi connectivity index (χ3v) is 6.78. The van der Waals surface area contributed by atoms with Crippen LogP contribution in [0.1, 0.15) is 43.4 Å². The molecule has 2 aromatic rings. The van der Waals surface area contributed by atoms with Crippen LogP contribution in [0.5, 0.6) is 5.88 Å². The molecule has 10 nitrogen and oxygen atoms in total. The van der Waals surface area contributed by atoms with E-state index in [2.05, 4.69) is 20.5 Å². The fraction of sp³-hybridized carbons (Fsp3) is 0.524. The molecule has 1 saturated heterocycles. The molecule has 2 unspecified atom stereocenters. The van der Waals surface area contributed by atoms with Crippen molar-refractivity contribution in [2.24, 2.45) is 5.92 Å². The molecule has 4 N–H and O–H groups in total. The number of aliphatic hydroxyl groups is 1. The van der Waals surface area contributed by atoms with Crippen molar-refractivity contribution in [3.63, 3.8) is 0 Å². The van der Waals surface area contributed by atoms with Crippen molar-refractivity contribution in [3.05, 3.63) is 35.7 Å². The predicted octanol–water partition coefficient (Wildman–Crippen LogP) is 1.99. The summed E-state index contributed by atoms with van der Waals surface area (Å²) in [6.45, 7) is 1.99. The first kappa shape index (κ1) is 21.1. The number of pyridine rings is 1. The first-order valence-corrected chi connectivity index (χ1v) is 10.3. The molecular weight excluding hydrogens is 402 g/mol. The summed E-state index contributed by atoms with van der Waals surface area (Å²) in [6.07, 6.45) is 2.58. The number of nitrogens with one attached hydrogen (secondary N) is 2. The maximum absolute atomic E-state index is 12.4. The Morgan fingerprint density at radius 2 is 2.19 bits per heavy atom. The molecule has 31 heavy (non-hydrogen) atoms. The molecule has 4 atom stereocenters. The third-order valence-electron chi connectivity index (χ3n) is 6.78. The van der Waals surface area contributed by atoms with E-state index in [1.807, 2.05) is 13.0 Å². The lowest BCUT2D eigenvalue weighted by molar-refractivity contribution is -0.136. The number of carboxylic acid groups (broad SMARTS) is 1. The molecular formula is C21H27N5O5. The maximum Gasteiger partial charge on any atom is 0.407 e. The van der Waals surface area contributed by atoms with Gasteiger partial charge in [-0.2, -0.15) is 5.10 Å². The van der Waals surface area contributed by atoms with Gasteiger partial charge in [0.1, 0.15) is 0 Å². The summed E-state index contributed by atoms with van der Waals surface area (Å²) in [4.78, 5) is 29.2. The van der Waals surface area contributed by atoms with Gasteiger partial charge in [0.15, 0.2) is 5.82 Å². The molecule has 0 aromatic carbocycles. The van der Waals surface area contributed by atoms with E-state index in [1.54, 1.807) is 18.3 Å². The number of likely N-dealkylation sites (tertiary alicyclic amines) is 1. The number of hydrogen-bond acceptors (Lipinski definition) is 6. The molecule has 0 radical (unpaired) electrons. The van der Waals surface area contributed by atoms with Crippen molar-refractivity contribution in [1.29, 1.82) is 0 Å². The van der Waals surface area contributed by atoms with Crippen LogP contribution in [0.4, 0.5) is 10.6 Å². The van der Waals surface area contributed by atoms with Gasteiger partial charge in [0.2, 0.25) is 11.8 Å². The monoisotopic (exact) mass is 429 g/mol. The SMILES string of the molecule is COc1cc(CC(=O)Nc2cc(C3CCC([C@]4(C)[C@@H](O)CN4C(=O)O)C3)[nH]n2)ccn1. The van der Waals surface area contributed by atoms with Crippen molar-refractivity contribution < 1.29 is 24.5 Å². The van der Waals surface area contributed by atoms with Gasteiger partial charge < -0.3 is 20.3 Å². The molecule has 3 heterocycles. The summed E-state index contributed by atoms with van der Waals surface area (Å²) in [7, 11) is 1.52. The average Bonchev–Trinajstić information content (AvgIpc) is 3.40. The molecule has 1 saturated carbocycles. The first-order valence-electron chi connectivity index (χ1n) is 10.3. The number of β-amino-alcohol motifs (C(OH)–C–C–N with tert-alkyl or cyclic N) is 1. The molecule has 0 bridgehead atoms. The number of nitrogens with zero attached hydrogens (tertiary/aromatic N) is 3. The predicted molar refractivity (Wildman–Crippen MR) is 111 cm³/mol. The number of carbonyl (C=O) groups is 2. The van der Waals surface area contributed by atoms with E-state index in [0.717, 1.165) is 30.5 Å². The summed E-state index contributed by atoms with van der Waals surface area (Å²) in [5.74, 6) is 0.951. The topological polar surface area (TPSA) is 141 Å². The van der Waals surface area contributed by atoms with E-state index >= 15 is 0 Å². The highest BCUT2D eigenvalue weighted by atomic mass is 16.5. The standard InChI is InChI=1S/C21H27N5O5/c1-21(16(27)11-26(21)20(29)30)14-4-3-13(9-14)15-10-17(25-24-15)23-18(28)7-12-5-6-22-19(8-12)31-2/h5-6,8,10,13-14,16,27H,3-4,7,9,11H2,1-2H3,(H,29,30)(H2,23,24,25,28)/t13?,14?,16-,21+/m0/s1. The second kappa shape index (κ2) is 8.18. The highest BCUT2D eigenvalue weighted by molar-refractivity contribution is 5.91. The van der Waals surface area contributed by atoms with Crippen LogP contribution in [0.25, 0.3) is 0 Å². The highest BCUT2D eigenvalue weighted by Crippen LogP contribution is 2.49. The first-order chi connectivity index (χ1) is 14.8. The normalized spacial score (nSPS) is 27.6. The lowest BCUT2D eigenvalue weighted by Crippen LogP contribution is -2.73. The van der Waals surface area contributed by atoms with Gasteiger partial charge in [0, 0.05) is 29.9 Å². The number of aliphatic hydroxyl groups excluding tert-OH is 1. The van der Waals surface area contributed by atoms with Crippen molar-refractivity contribution in [3.8, 4) is 5.88 Å². The Bertz CT molecular complexity index is 979. The molecule has 2 aliphatic rings. The summed E-state index contributed by atoms with van der Waals surface area (Å²) in [6, 6.07) is 5.29. The minimum absolute atomic E-state index is 0.0698. The van der Waals surface area contributed by atoms with Gasteiger partial charge in [0.25, 0.3) is 0 Å². The second-order valence-electron chi connectivity index (χ2n) is 8.48. The molecule has 0 spiro atoms. The fourth-order valence-electron chi connectivity index (χ4n) is 4.85. The van der Waals surface area contributed by atoms with Crippen LogP contribution in [-0.2, 0) is 11.2 Å². The molecule has 2 amide bonds. The van der Waals surface area contributed by atoms with Crippen molar-refractivity contribution >= 4 is 17.8 Å². The van der Waals surface area contributed by atoms with E-state index in [1.165, 1.54) is 12.0 Å². The largest absolute Gasteiger partial charge is 0.481 e. The lowest BCUT2D eigenvalue weighted by atomic mass is 9.72. The molecule has 2 fully saturated rings. The zero-order valence-electron chi connectivity index (χ0n) is 17.5. The molecule has 1 aliphatic heterocycles. The van der Waals surface area contributed by atoms with Crippen LogP contribution in [-0.4, -0.2) is 67.6 Å². The Balaban J connectivity index is 1.36. The van der Waals surface area contributed by atoms with Crippen LogP contribution in [0.15, 0.2) is 24.4 Å². The Hall–Kier alpha value is -3.14. The lowest BCUT2D eigenvalue weighted by Gasteiger charge is -2.56. The molecule has 166 valence electrons. The molecule has 1 aliphatic carbocycles. The number of amides is 2. The van der Waals surface area contributed by atoms with E-state index in [4.69, 9.17) is 4.74 Å². The number of aromatic nitrogens is 3. The Morgan fingerprint density at radius 1 is 1.39 bits per heavy atom. The van der Waals surface area contributed by atoms with Gasteiger partial charge in [-0.25, -0.2) is 9.78 Å². The van der Waals surface area contributed by atoms with Crippen LogP contribution >= 0.6 is 0 Å². The molecule has 10 heteroatoms. The second-order valence-corrected chi connectivity index (χ2v) is 8.48. The van der Waals surface area contributed by atoms with E-state index < -0.39 is 17.7 Å². The smallest absolute Gasteiger partial charge is 0.407 e. The summed E-state index contributed by atoms with van der Waals surface area (Å²) in [5.41, 5.74) is 0.945. The number of hydrogen-bond donors (Lipinski definition) is 4. The summed E-state index contributed by atoms with van der Waals surface area (Å²) >= 11 is 0. The van der Waals surface area contributed by atoms with Gasteiger partial charge in [0.05, 0.1) is 31.7 Å². The van der Waals surface area contributed by atoms with Crippen LogP contribution < -0.4 is 10.1 Å². The number of ether oxygens (including phenoxy) is 1. The Morgan fingerprint density at radius 3 is 2.90 bits per heavy atom. The van der Waals surface area contributed by atoms with Crippen molar-refractivity contribution in [2.75, 3.05) is 19.0 Å². The van der Waals surface area contributed by atoms with Crippen LogP contribution in [0.2, 0.25) is 0 Å². The van der Waals surface area contributed by atoms with Crippen LogP contribution in [0, 0.1) is 5.92 Å². The molecule has 2 aromatic heterocycles. The number of anilines is 1. The van der Waals surface area contributed by atoms with Crippen molar-refractivity contribution in [1.82, 2.24) is 20.1 Å². The Labute approximate surface area is 179 Å². The van der Waals surface area contributed by atoms with Gasteiger partial charge in [-0.3, -0.25) is 14.8 Å². The number of H-pyrrole nitrogens is 1. The van der Waals surface area contributed by atoms with Gasteiger partial charge in [-0.15, -0.1) is 0 Å². The van der Waals surface area contributed by atoms with Gasteiger partial charge in [-0.05, 0) is 43.7 Å². The van der Waals surface area contributed by atoms with Gasteiger partial charge in [-0.1, -0.05) is 0 Å². The maximum atomic E-state index is 12.4. The Kier molecular flexibility index (Phi) is 5.57. The van der Waals surface area contributed by atoms with E-state index in [-0.39, 0.29) is 30.7 Å². The van der Waals surface area contributed by atoms with E-state index in [0.29, 0.717) is 11.7 Å². The number of rotatable bonds is 6. The zero-order chi connectivity index (χ0) is 22.2. The van der Waals surface area contributed by atoms with Crippen LogP contribution in [0.3, 0.4) is 0 Å². The summed E-state index contributed by atoms with van der Waals surface area (Å²) in [5, 5.41) is 29.7. The highest BCUT2D eigenvalue weighted by Gasteiger charge is 2.57. The quantitative estimate of drug-likeness (QED) is 0.550. The minimum Gasteiger partial charge on any atom is -0.481 e. The molecule has 4 rings (SSSR count). The van der Waals surface area contributed by atoms with Gasteiger partial charge >= 0.3 is 6.09 Å². The van der Waals surface area contributed by atoms with E-state index in [9.17, 15) is 19.8 Å². The number of methoxy groups -OCH3 is 1. The number of aromatic amines is 1. The zero-order valence-corrected chi connectivity index (χ0v) is 17.5. The third kappa shape index (κ3) is 3.95. The summed E-state index contributed by atoms with van der Waals surface area (Å²) < 4.78 is 5.07. The minimum atomic E-state index is -0.991. The average molecular weight is 429 g/mol. The number of carbonyl (C=O) groups excluding carboxylic acids is 1.